The van der Waals surface area contributed by atoms with Crippen LogP contribution in [0.3, 0.4) is 0 Å². The number of nitrogens with one attached hydrogen (secondary N) is 1. The van der Waals surface area contributed by atoms with Crippen molar-refractivity contribution in [2.45, 2.75) is 0 Å². The molecule has 0 fully saturated rings. The molecule has 0 saturated carbocycles. The number of fused-ring (bicyclic) bond motifs is 1. The summed E-state index contributed by atoms with van der Waals surface area (Å²) >= 11 is 5.90. The molecule has 0 aliphatic carbocycles. The molecule has 0 spiro atoms. The van der Waals surface area contributed by atoms with Gasteiger partial charge in [0.1, 0.15) is 5.82 Å². The van der Waals surface area contributed by atoms with E-state index in [4.69, 9.17) is 23.1 Å². The molecule has 2 aromatic carbocycles. The number of anilines is 2. The van der Waals surface area contributed by atoms with Crippen molar-refractivity contribution in [3.63, 3.8) is 0 Å². The van der Waals surface area contributed by atoms with Gasteiger partial charge in [0.2, 0.25) is 0 Å². The monoisotopic (exact) mass is 379 g/mol. The lowest BCUT2D eigenvalue weighted by atomic mass is 10.1. The molecule has 6 N–H and O–H groups in total. The molecule has 6 nitrogen and oxygen atoms in total. The normalized spacial score (nSPS) is 12.2. The molecule has 0 saturated heterocycles. The molecular formula is C20H18ClN5O. The van der Waals surface area contributed by atoms with E-state index in [1.54, 1.807) is 30.5 Å². The predicted octanol–water partition coefficient (Wildman–Crippen LogP) is 4.31. The topological polar surface area (TPSA) is 110 Å². The summed E-state index contributed by atoms with van der Waals surface area (Å²) in [7, 11) is 0. The van der Waals surface area contributed by atoms with E-state index in [0.29, 0.717) is 27.7 Å². The minimum absolute atomic E-state index is 0.131. The second-order valence-corrected chi connectivity index (χ2v) is 6.15. The number of benzene rings is 2. The molecule has 0 radical (unpaired) electrons. The fourth-order valence-electron chi connectivity index (χ4n) is 2.57. The summed E-state index contributed by atoms with van der Waals surface area (Å²) < 4.78 is 0. The van der Waals surface area contributed by atoms with Crippen LogP contribution >= 0.6 is 11.6 Å². The van der Waals surface area contributed by atoms with Crippen molar-refractivity contribution in [1.29, 1.82) is 0 Å². The number of allylic oxidation sites excluding steroid dienone is 1. The van der Waals surface area contributed by atoms with Gasteiger partial charge in [0, 0.05) is 27.9 Å². The highest BCUT2D eigenvalue weighted by Gasteiger charge is 2.12. The lowest BCUT2D eigenvalue weighted by molar-refractivity contribution is 0.431. The molecule has 1 heterocycles. The fourth-order valence-corrected chi connectivity index (χ4v) is 2.70. The average Bonchev–Trinajstić information content (AvgIpc) is 2.67. The zero-order chi connectivity index (χ0) is 19.4. The van der Waals surface area contributed by atoms with Gasteiger partial charge in [-0.15, -0.1) is 0 Å². The van der Waals surface area contributed by atoms with Crippen LogP contribution in [-0.4, -0.2) is 16.4 Å². The van der Waals surface area contributed by atoms with Gasteiger partial charge in [-0.1, -0.05) is 30.3 Å². The molecule has 0 atom stereocenters. The van der Waals surface area contributed by atoms with E-state index in [2.05, 4.69) is 21.9 Å². The number of nitrogens with two attached hydrogens (primary N) is 2. The van der Waals surface area contributed by atoms with Gasteiger partial charge in [-0.2, -0.15) is 0 Å². The maximum absolute atomic E-state index is 10.6. The number of hydrogen-bond donors (Lipinski definition) is 4. The number of aromatic nitrogens is 1. The minimum atomic E-state index is -0.131. The van der Waals surface area contributed by atoms with Crippen molar-refractivity contribution in [3.05, 3.63) is 83.5 Å². The Kier molecular flexibility index (Phi) is 5.28. The maximum Gasteiger partial charge on any atom is 0.175 e. The number of hydrogen-bond acceptors (Lipinski definition) is 5. The SMILES string of the molecule is C=C(/C(O)=C(\N=CN)Nc1ccc2c(N)nccc2c1)c1ccc(Cl)cc1. The summed E-state index contributed by atoms with van der Waals surface area (Å²) in [5.74, 6) is 0.487. The standard InChI is InChI=1S/C20H18ClN5O/c1-12(13-2-4-15(21)5-3-13)18(27)20(25-11-22)26-16-6-7-17-14(10-16)8-9-24-19(17)23/h2-11,26-27H,1H2,(H2,22,25)(H2,23,24)/b20-18-. The van der Waals surface area contributed by atoms with Crippen molar-refractivity contribution in [3.8, 4) is 0 Å². The molecule has 1 aromatic heterocycles. The van der Waals surface area contributed by atoms with Gasteiger partial charge in [0.15, 0.2) is 11.6 Å². The summed E-state index contributed by atoms with van der Waals surface area (Å²) in [5.41, 5.74) is 13.1. The van der Waals surface area contributed by atoms with E-state index in [1.165, 1.54) is 0 Å². The molecule has 3 aromatic rings. The Balaban J connectivity index is 1.96. The molecule has 3 rings (SSSR count). The van der Waals surface area contributed by atoms with Gasteiger partial charge in [0.25, 0.3) is 0 Å². The summed E-state index contributed by atoms with van der Waals surface area (Å²) in [6, 6.07) is 14.3. The molecule has 0 aliphatic rings. The van der Waals surface area contributed by atoms with Gasteiger partial charge in [-0.25, -0.2) is 9.98 Å². The largest absolute Gasteiger partial charge is 0.504 e. The Morgan fingerprint density at radius 3 is 2.63 bits per heavy atom. The number of aliphatic hydroxyl groups excluding tert-OH is 1. The van der Waals surface area contributed by atoms with Crippen LogP contribution in [0.25, 0.3) is 16.3 Å². The summed E-state index contributed by atoms with van der Waals surface area (Å²) in [6.45, 7) is 3.93. The number of nitrogens with zero attached hydrogens (tertiary/aromatic N) is 2. The smallest absolute Gasteiger partial charge is 0.175 e. The Bertz CT molecular complexity index is 1060. The quantitative estimate of drug-likeness (QED) is 0.228. The summed E-state index contributed by atoms with van der Waals surface area (Å²) in [4.78, 5) is 8.09. The molecule has 27 heavy (non-hydrogen) atoms. The summed E-state index contributed by atoms with van der Waals surface area (Å²) in [6.07, 6.45) is 2.73. The molecular weight excluding hydrogens is 362 g/mol. The second kappa shape index (κ2) is 7.80. The third kappa shape index (κ3) is 4.02. The van der Waals surface area contributed by atoms with E-state index in [-0.39, 0.29) is 11.6 Å². The van der Waals surface area contributed by atoms with Crippen molar-refractivity contribution in [2.24, 2.45) is 10.7 Å². The second-order valence-electron chi connectivity index (χ2n) is 5.72. The van der Waals surface area contributed by atoms with E-state index < -0.39 is 0 Å². The van der Waals surface area contributed by atoms with Crippen LogP contribution in [0.2, 0.25) is 5.02 Å². The Labute approximate surface area is 161 Å². The molecule has 0 amide bonds. The minimum Gasteiger partial charge on any atom is -0.504 e. The molecule has 7 heteroatoms. The number of pyridine rings is 1. The Hall–Kier alpha value is -3.51. The van der Waals surface area contributed by atoms with Gasteiger partial charge < -0.3 is 21.9 Å². The zero-order valence-corrected chi connectivity index (χ0v) is 15.1. The van der Waals surface area contributed by atoms with Crippen molar-refractivity contribution in [1.82, 2.24) is 4.98 Å². The van der Waals surface area contributed by atoms with E-state index in [1.807, 2.05) is 24.3 Å². The first-order chi connectivity index (χ1) is 13.0. The number of aliphatic hydroxyl groups is 1. The number of aliphatic imine (C=N–C) groups is 1. The first-order valence-electron chi connectivity index (χ1n) is 8.03. The number of nitrogen functional groups attached to an aromatic ring is 1. The van der Waals surface area contributed by atoms with Crippen LogP contribution in [0.4, 0.5) is 11.5 Å². The Morgan fingerprint density at radius 2 is 1.93 bits per heavy atom. The molecule has 0 aliphatic heterocycles. The highest BCUT2D eigenvalue weighted by molar-refractivity contribution is 6.30. The number of halogens is 1. The van der Waals surface area contributed by atoms with Crippen LogP contribution in [0.5, 0.6) is 0 Å². The average molecular weight is 380 g/mol. The lowest BCUT2D eigenvalue weighted by Crippen LogP contribution is -2.05. The van der Waals surface area contributed by atoms with Crippen LogP contribution < -0.4 is 16.8 Å². The van der Waals surface area contributed by atoms with Crippen molar-refractivity contribution >= 4 is 45.8 Å². The fraction of sp³-hybridized carbons (Fsp3) is 0. The first-order valence-corrected chi connectivity index (χ1v) is 8.41. The summed E-state index contributed by atoms with van der Waals surface area (Å²) in [5, 5.41) is 16.0. The predicted molar refractivity (Wildman–Crippen MR) is 113 cm³/mol. The van der Waals surface area contributed by atoms with E-state index >= 15 is 0 Å². The van der Waals surface area contributed by atoms with Gasteiger partial charge in [-0.3, -0.25) is 0 Å². The first kappa shape index (κ1) is 18.3. The van der Waals surface area contributed by atoms with Gasteiger partial charge >= 0.3 is 0 Å². The number of rotatable bonds is 5. The third-order valence-corrected chi connectivity index (χ3v) is 4.22. The highest BCUT2D eigenvalue weighted by Crippen LogP contribution is 2.27. The van der Waals surface area contributed by atoms with Gasteiger partial charge in [-0.05, 0) is 47.3 Å². The van der Waals surface area contributed by atoms with Crippen LogP contribution in [0.1, 0.15) is 5.56 Å². The van der Waals surface area contributed by atoms with Crippen LogP contribution in [-0.2, 0) is 0 Å². The maximum atomic E-state index is 10.6. The lowest BCUT2D eigenvalue weighted by Gasteiger charge is -2.12. The Morgan fingerprint density at radius 1 is 1.19 bits per heavy atom. The highest BCUT2D eigenvalue weighted by atomic mass is 35.5. The van der Waals surface area contributed by atoms with Gasteiger partial charge in [0.05, 0.1) is 6.34 Å². The van der Waals surface area contributed by atoms with E-state index in [0.717, 1.165) is 17.1 Å². The molecule has 136 valence electrons. The molecule has 0 unspecified atom stereocenters. The third-order valence-electron chi connectivity index (χ3n) is 3.96. The zero-order valence-electron chi connectivity index (χ0n) is 14.4. The van der Waals surface area contributed by atoms with E-state index in [9.17, 15) is 5.11 Å². The van der Waals surface area contributed by atoms with Crippen molar-refractivity contribution in [2.75, 3.05) is 11.1 Å². The molecule has 0 bridgehead atoms. The van der Waals surface area contributed by atoms with Crippen LogP contribution in [0, 0.1) is 0 Å². The van der Waals surface area contributed by atoms with Crippen LogP contribution in [0.15, 0.2) is 77.9 Å². The van der Waals surface area contributed by atoms with Crippen molar-refractivity contribution < 1.29 is 5.11 Å².